The molecule has 1 N–H and O–H groups in total. The van der Waals surface area contributed by atoms with Gasteiger partial charge in [-0.1, -0.05) is 11.6 Å². The van der Waals surface area contributed by atoms with Crippen molar-refractivity contribution in [2.24, 2.45) is 4.99 Å². The van der Waals surface area contributed by atoms with E-state index in [1.54, 1.807) is 38.7 Å². The minimum absolute atomic E-state index is 0.180. The van der Waals surface area contributed by atoms with Crippen molar-refractivity contribution >= 4 is 35.4 Å². The van der Waals surface area contributed by atoms with Crippen LogP contribution >= 0.6 is 11.6 Å². The van der Waals surface area contributed by atoms with Crippen molar-refractivity contribution in [1.29, 1.82) is 0 Å². The van der Waals surface area contributed by atoms with Gasteiger partial charge < -0.3 is 15.0 Å². The number of hydrogen-bond donors (Lipinski definition) is 1. The van der Waals surface area contributed by atoms with Crippen molar-refractivity contribution in [3.8, 4) is 5.75 Å². The zero-order valence-corrected chi connectivity index (χ0v) is 20.1. The maximum Gasteiger partial charge on any atom is 0.251 e. The van der Waals surface area contributed by atoms with E-state index in [-0.39, 0.29) is 5.91 Å². The number of nitrogens with zero attached hydrogens (tertiary/aromatic N) is 5. The average molecular weight is 470 g/mol. The first-order valence-corrected chi connectivity index (χ1v) is 11.6. The Bertz CT molecular complexity index is 1080. The molecule has 0 atom stereocenters. The van der Waals surface area contributed by atoms with E-state index in [1.807, 2.05) is 0 Å². The Morgan fingerprint density at radius 1 is 1.27 bits per heavy atom. The van der Waals surface area contributed by atoms with Crippen LogP contribution in [0.15, 0.2) is 29.5 Å². The van der Waals surface area contributed by atoms with Crippen LogP contribution in [-0.2, 0) is 12.8 Å². The molecule has 0 aliphatic carbocycles. The maximum absolute atomic E-state index is 12.0. The lowest BCUT2D eigenvalue weighted by molar-refractivity contribution is -0.562. The minimum atomic E-state index is -0.180. The second kappa shape index (κ2) is 10.4. The fourth-order valence-corrected chi connectivity index (χ4v) is 4.46. The van der Waals surface area contributed by atoms with Crippen molar-refractivity contribution in [3.05, 3.63) is 46.2 Å². The molecule has 1 amide bonds. The standard InChI is InChI=1S/C24H29ClN6O2/c1-26-23(32)18-10-17(22(25)21(11-18)33-3)5-4-16-12-27-24(28-13-16)29-19-14-31(15-19)20-6-8-30(2)9-7-20/h10-14,20H,4-9,15H2,1-3H3/p+1. The summed E-state index contributed by atoms with van der Waals surface area (Å²) in [5.41, 5.74) is 3.36. The third-order valence-corrected chi connectivity index (χ3v) is 6.69. The number of carbonyl (C=O) groups is 1. The summed E-state index contributed by atoms with van der Waals surface area (Å²) < 4.78 is 7.71. The van der Waals surface area contributed by atoms with Gasteiger partial charge in [-0.2, -0.15) is 0 Å². The van der Waals surface area contributed by atoms with Gasteiger partial charge in [0.25, 0.3) is 5.91 Å². The molecule has 3 heterocycles. The molecule has 4 rings (SSSR count). The second-order valence-electron chi connectivity index (χ2n) is 8.56. The molecule has 0 unspecified atom stereocenters. The van der Waals surface area contributed by atoms with E-state index in [1.165, 1.54) is 12.8 Å². The van der Waals surface area contributed by atoms with Crippen LogP contribution in [0, 0.1) is 0 Å². The first-order valence-electron chi connectivity index (χ1n) is 11.2. The Labute approximate surface area is 199 Å². The highest BCUT2D eigenvalue weighted by atomic mass is 35.5. The van der Waals surface area contributed by atoms with Crippen LogP contribution in [0.4, 0.5) is 5.95 Å². The number of ether oxygens (including phenoxy) is 1. The van der Waals surface area contributed by atoms with E-state index < -0.39 is 0 Å². The molecule has 1 aromatic heterocycles. The molecule has 2 aliphatic heterocycles. The maximum atomic E-state index is 12.0. The van der Waals surface area contributed by atoms with Crippen molar-refractivity contribution in [2.45, 2.75) is 31.7 Å². The molecule has 0 bridgehead atoms. The van der Waals surface area contributed by atoms with E-state index in [0.29, 0.717) is 41.2 Å². The van der Waals surface area contributed by atoms with Gasteiger partial charge >= 0.3 is 0 Å². The number of aliphatic imine (C=N–C) groups is 1. The van der Waals surface area contributed by atoms with Crippen LogP contribution in [0.5, 0.6) is 5.75 Å². The predicted molar refractivity (Wildman–Crippen MR) is 130 cm³/mol. The number of hydrogen-bond acceptors (Lipinski definition) is 6. The molecule has 2 aliphatic rings. The fraction of sp³-hybridized carbons (Fsp3) is 0.458. The Morgan fingerprint density at radius 3 is 2.61 bits per heavy atom. The molecule has 9 heteroatoms. The number of aromatic nitrogens is 2. The highest BCUT2D eigenvalue weighted by molar-refractivity contribution is 6.33. The van der Waals surface area contributed by atoms with Gasteiger partial charge in [-0.05, 0) is 43.1 Å². The van der Waals surface area contributed by atoms with Gasteiger partial charge in [-0.15, -0.1) is 0 Å². The number of halogens is 1. The quantitative estimate of drug-likeness (QED) is 0.630. The largest absolute Gasteiger partial charge is 0.495 e. The minimum Gasteiger partial charge on any atom is -0.495 e. The lowest BCUT2D eigenvalue weighted by Crippen LogP contribution is -2.47. The zero-order chi connectivity index (χ0) is 23.4. The SMILES string of the molecule is CNC(=O)c1cc(CCc2cnc(N=C3C=[N+](C4CCN(C)CC4)C3)nc2)c(Cl)c(OC)c1. The number of benzene rings is 1. The Morgan fingerprint density at radius 2 is 1.97 bits per heavy atom. The normalized spacial score (nSPS) is 18.1. The smallest absolute Gasteiger partial charge is 0.251 e. The molecule has 1 saturated heterocycles. The summed E-state index contributed by atoms with van der Waals surface area (Å²) in [5, 5.41) is 3.15. The lowest BCUT2D eigenvalue weighted by Gasteiger charge is -2.29. The van der Waals surface area contributed by atoms with Crippen LogP contribution in [0.1, 0.15) is 34.3 Å². The van der Waals surface area contributed by atoms with Crippen LogP contribution in [-0.4, -0.2) is 84.2 Å². The van der Waals surface area contributed by atoms with Gasteiger partial charge in [0.15, 0.2) is 24.5 Å². The molecular weight excluding hydrogens is 440 g/mol. The summed E-state index contributed by atoms with van der Waals surface area (Å²) in [7, 11) is 5.31. The summed E-state index contributed by atoms with van der Waals surface area (Å²) >= 11 is 6.46. The number of nitrogens with one attached hydrogen (secondary N) is 1. The highest BCUT2D eigenvalue weighted by Crippen LogP contribution is 2.31. The summed E-state index contributed by atoms with van der Waals surface area (Å²) in [6, 6.07) is 4.07. The Balaban J connectivity index is 1.37. The van der Waals surface area contributed by atoms with Gasteiger partial charge in [-0.25, -0.2) is 19.5 Å². The number of rotatable bonds is 7. The monoisotopic (exact) mass is 469 g/mol. The van der Waals surface area contributed by atoms with Crippen LogP contribution in [0.3, 0.4) is 0 Å². The van der Waals surface area contributed by atoms with E-state index in [4.69, 9.17) is 16.3 Å². The summed E-state index contributed by atoms with van der Waals surface area (Å²) in [4.78, 5) is 27.8. The van der Waals surface area contributed by atoms with Crippen LogP contribution in [0.25, 0.3) is 0 Å². The van der Waals surface area contributed by atoms with E-state index in [9.17, 15) is 4.79 Å². The second-order valence-corrected chi connectivity index (χ2v) is 8.94. The molecular formula is C24H30ClN6O2+. The third-order valence-electron chi connectivity index (χ3n) is 6.26. The molecule has 2 aromatic rings. The van der Waals surface area contributed by atoms with E-state index in [2.05, 4.69) is 43.0 Å². The summed E-state index contributed by atoms with van der Waals surface area (Å²) in [6.45, 7) is 3.17. The Kier molecular flexibility index (Phi) is 7.35. The summed E-state index contributed by atoms with van der Waals surface area (Å²) in [5.74, 6) is 0.788. The van der Waals surface area contributed by atoms with Gasteiger partial charge in [0, 0.05) is 50.9 Å². The first-order chi connectivity index (χ1) is 16.0. The molecule has 0 spiro atoms. The number of aryl methyl sites for hydroxylation is 2. The highest BCUT2D eigenvalue weighted by Gasteiger charge is 2.32. The number of methoxy groups -OCH3 is 1. The molecule has 8 nitrogen and oxygen atoms in total. The predicted octanol–water partition coefficient (Wildman–Crippen LogP) is 2.55. The molecule has 174 valence electrons. The van der Waals surface area contributed by atoms with Gasteiger partial charge in [0.05, 0.1) is 12.1 Å². The fourth-order valence-electron chi connectivity index (χ4n) is 4.18. The molecule has 1 fully saturated rings. The molecule has 1 aromatic carbocycles. The molecule has 0 radical (unpaired) electrons. The number of piperidine rings is 1. The topological polar surface area (TPSA) is 82.7 Å². The zero-order valence-electron chi connectivity index (χ0n) is 19.3. The van der Waals surface area contributed by atoms with Crippen molar-refractivity contribution in [1.82, 2.24) is 20.2 Å². The van der Waals surface area contributed by atoms with E-state index >= 15 is 0 Å². The third kappa shape index (κ3) is 5.57. The first kappa shape index (κ1) is 23.3. The number of carbonyl (C=O) groups excluding carboxylic acids is 1. The van der Waals surface area contributed by atoms with Crippen molar-refractivity contribution in [3.63, 3.8) is 0 Å². The Hall–Kier alpha value is -2.84. The van der Waals surface area contributed by atoms with E-state index in [0.717, 1.165) is 36.5 Å². The molecule has 0 saturated carbocycles. The summed E-state index contributed by atoms with van der Waals surface area (Å²) in [6.07, 6.45) is 9.45. The number of amides is 1. The van der Waals surface area contributed by atoms with Gasteiger partial charge in [-0.3, -0.25) is 4.79 Å². The van der Waals surface area contributed by atoms with Crippen LogP contribution < -0.4 is 10.1 Å². The van der Waals surface area contributed by atoms with Gasteiger partial charge in [0.2, 0.25) is 5.95 Å². The van der Waals surface area contributed by atoms with Crippen LogP contribution in [0.2, 0.25) is 5.02 Å². The average Bonchev–Trinajstić information content (AvgIpc) is 2.81. The molecule has 33 heavy (non-hydrogen) atoms. The lowest BCUT2D eigenvalue weighted by atomic mass is 10.0. The number of likely N-dealkylation sites (tertiary alicyclic amines) is 1. The van der Waals surface area contributed by atoms with Gasteiger partial charge in [0.1, 0.15) is 5.75 Å². The van der Waals surface area contributed by atoms with Crippen molar-refractivity contribution in [2.75, 3.05) is 40.8 Å². The van der Waals surface area contributed by atoms with Crippen molar-refractivity contribution < 1.29 is 14.1 Å².